The van der Waals surface area contributed by atoms with Gasteiger partial charge < -0.3 is 16.2 Å². The van der Waals surface area contributed by atoms with E-state index >= 15 is 0 Å². The summed E-state index contributed by atoms with van der Waals surface area (Å²) >= 11 is 0. The summed E-state index contributed by atoms with van der Waals surface area (Å²) in [4.78, 5) is 14.1. The Bertz CT molecular complexity index is 428. The molecule has 0 radical (unpaired) electrons. The van der Waals surface area contributed by atoms with Gasteiger partial charge in [-0.05, 0) is 44.1 Å². The van der Waals surface area contributed by atoms with Crippen molar-refractivity contribution in [3.8, 4) is 0 Å². The number of ether oxygens (including phenoxy) is 1. The molecule has 18 heavy (non-hydrogen) atoms. The Morgan fingerprint density at radius 1 is 1.28 bits per heavy atom. The Balaban J connectivity index is 1.83. The van der Waals surface area contributed by atoms with Crippen LogP contribution in [0, 0.1) is 0 Å². The lowest BCUT2D eigenvalue weighted by atomic mass is 10.1. The van der Waals surface area contributed by atoms with Crippen LogP contribution in [-0.4, -0.2) is 37.1 Å². The minimum Gasteiger partial charge on any atom is -0.461 e. The summed E-state index contributed by atoms with van der Waals surface area (Å²) in [5, 5.41) is 0. The first kappa shape index (κ1) is 12.7. The highest BCUT2D eigenvalue weighted by atomic mass is 16.5. The van der Waals surface area contributed by atoms with Gasteiger partial charge in [-0.15, -0.1) is 0 Å². The fourth-order valence-electron chi connectivity index (χ4n) is 2.12. The minimum absolute atomic E-state index is 0.362. The molecule has 1 fully saturated rings. The van der Waals surface area contributed by atoms with Gasteiger partial charge in [0.05, 0.1) is 5.56 Å². The van der Waals surface area contributed by atoms with Crippen LogP contribution in [0.4, 0.5) is 11.4 Å². The second-order valence-electron chi connectivity index (χ2n) is 4.53. The van der Waals surface area contributed by atoms with Gasteiger partial charge in [-0.3, -0.25) is 4.90 Å². The molecule has 1 aromatic carbocycles. The number of anilines is 2. The van der Waals surface area contributed by atoms with E-state index in [1.807, 2.05) is 0 Å². The SMILES string of the molecule is Nc1ccc(C(=O)OCCN2CCCC2)c(N)c1. The van der Waals surface area contributed by atoms with E-state index in [2.05, 4.69) is 4.90 Å². The highest BCUT2D eigenvalue weighted by Crippen LogP contribution is 2.16. The number of nitrogens with two attached hydrogens (primary N) is 2. The Morgan fingerprint density at radius 2 is 2.00 bits per heavy atom. The Hall–Kier alpha value is -1.75. The highest BCUT2D eigenvalue weighted by Gasteiger charge is 2.14. The van der Waals surface area contributed by atoms with E-state index in [1.54, 1.807) is 18.2 Å². The van der Waals surface area contributed by atoms with Gasteiger partial charge in [0.25, 0.3) is 0 Å². The molecule has 1 aliphatic rings. The summed E-state index contributed by atoms with van der Waals surface area (Å²) in [5.41, 5.74) is 12.6. The Morgan fingerprint density at radius 3 is 2.67 bits per heavy atom. The van der Waals surface area contributed by atoms with Gasteiger partial charge in [-0.1, -0.05) is 0 Å². The van der Waals surface area contributed by atoms with Gasteiger partial charge in [0.15, 0.2) is 0 Å². The molecule has 1 aromatic rings. The third-order valence-electron chi connectivity index (χ3n) is 3.13. The normalized spacial score (nSPS) is 15.8. The standard InChI is InChI=1S/C13H19N3O2/c14-10-3-4-11(12(15)9-10)13(17)18-8-7-16-5-1-2-6-16/h3-4,9H,1-2,5-8,14-15H2. The zero-order valence-corrected chi connectivity index (χ0v) is 10.4. The molecule has 0 aromatic heterocycles. The zero-order chi connectivity index (χ0) is 13.0. The van der Waals surface area contributed by atoms with E-state index in [1.165, 1.54) is 12.8 Å². The summed E-state index contributed by atoms with van der Waals surface area (Å²) in [6.45, 7) is 3.40. The van der Waals surface area contributed by atoms with E-state index in [0.717, 1.165) is 19.6 Å². The van der Waals surface area contributed by atoms with Crippen LogP contribution in [0.25, 0.3) is 0 Å². The predicted molar refractivity (Wildman–Crippen MR) is 71.2 cm³/mol. The van der Waals surface area contributed by atoms with Crippen molar-refractivity contribution < 1.29 is 9.53 Å². The van der Waals surface area contributed by atoms with Crippen LogP contribution in [-0.2, 0) is 4.74 Å². The van der Waals surface area contributed by atoms with E-state index < -0.39 is 0 Å². The maximum atomic E-state index is 11.8. The van der Waals surface area contributed by atoms with Crippen molar-refractivity contribution in [3.63, 3.8) is 0 Å². The number of hydrogen-bond donors (Lipinski definition) is 2. The second-order valence-corrected chi connectivity index (χ2v) is 4.53. The topological polar surface area (TPSA) is 81.6 Å². The average Bonchev–Trinajstić information content (AvgIpc) is 2.81. The molecule has 1 aliphatic heterocycles. The van der Waals surface area contributed by atoms with E-state index in [4.69, 9.17) is 16.2 Å². The number of nitrogen functional groups attached to an aromatic ring is 2. The average molecular weight is 249 g/mol. The first-order valence-corrected chi connectivity index (χ1v) is 6.21. The minimum atomic E-state index is -0.383. The smallest absolute Gasteiger partial charge is 0.340 e. The van der Waals surface area contributed by atoms with Crippen molar-refractivity contribution in [1.82, 2.24) is 4.90 Å². The number of carbonyl (C=O) groups excluding carboxylic acids is 1. The van der Waals surface area contributed by atoms with Crippen molar-refractivity contribution in [3.05, 3.63) is 23.8 Å². The lowest BCUT2D eigenvalue weighted by Gasteiger charge is -2.14. The summed E-state index contributed by atoms with van der Waals surface area (Å²) in [7, 11) is 0. The molecule has 0 bridgehead atoms. The van der Waals surface area contributed by atoms with Crippen LogP contribution in [0.1, 0.15) is 23.2 Å². The molecule has 98 valence electrons. The lowest BCUT2D eigenvalue weighted by molar-refractivity contribution is 0.0473. The number of rotatable bonds is 4. The maximum Gasteiger partial charge on any atom is 0.340 e. The third-order valence-corrected chi connectivity index (χ3v) is 3.13. The van der Waals surface area contributed by atoms with Crippen LogP contribution >= 0.6 is 0 Å². The van der Waals surface area contributed by atoms with Crippen molar-refractivity contribution in [1.29, 1.82) is 0 Å². The number of carbonyl (C=O) groups is 1. The molecule has 0 spiro atoms. The monoisotopic (exact) mass is 249 g/mol. The lowest BCUT2D eigenvalue weighted by Crippen LogP contribution is -2.25. The molecule has 5 heteroatoms. The molecule has 5 nitrogen and oxygen atoms in total. The van der Waals surface area contributed by atoms with Crippen molar-refractivity contribution in [2.24, 2.45) is 0 Å². The fourth-order valence-corrected chi connectivity index (χ4v) is 2.12. The summed E-state index contributed by atoms with van der Waals surface area (Å²) in [5.74, 6) is -0.383. The van der Waals surface area contributed by atoms with Gasteiger partial charge in [0.1, 0.15) is 6.61 Å². The van der Waals surface area contributed by atoms with Gasteiger partial charge in [-0.25, -0.2) is 4.79 Å². The largest absolute Gasteiger partial charge is 0.461 e. The van der Waals surface area contributed by atoms with Crippen LogP contribution in [0.15, 0.2) is 18.2 Å². The Labute approximate surface area is 107 Å². The van der Waals surface area contributed by atoms with Gasteiger partial charge in [-0.2, -0.15) is 0 Å². The summed E-state index contributed by atoms with van der Waals surface area (Å²) in [6, 6.07) is 4.81. The zero-order valence-electron chi connectivity index (χ0n) is 10.4. The maximum absolute atomic E-state index is 11.8. The summed E-state index contributed by atoms with van der Waals surface area (Å²) in [6.07, 6.45) is 2.47. The van der Waals surface area contributed by atoms with Crippen molar-refractivity contribution in [2.45, 2.75) is 12.8 Å². The number of hydrogen-bond acceptors (Lipinski definition) is 5. The highest BCUT2D eigenvalue weighted by molar-refractivity contribution is 5.95. The molecule has 0 amide bonds. The van der Waals surface area contributed by atoms with Crippen LogP contribution < -0.4 is 11.5 Å². The van der Waals surface area contributed by atoms with Gasteiger partial charge in [0.2, 0.25) is 0 Å². The predicted octanol–water partition coefficient (Wildman–Crippen LogP) is 1.10. The Kier molecular flexibility index (Phi) is 4.04. The molecule has 0 aliphatic carbocycles. The molecular formula is C13H19N3O2. The molecule has 4 N–H and O–H groups in total. The number of nitrogens with zero attached hydrogens (tertiary/aromatic N) is 1. The summed E-state index contributed by atoms with van der Waals surface area (Å²) < 4.78 is 5.21. The van der Waals surface area contributed by atoms with Gasteiger partial charge in [0, 0.05) is 17.9 Å². The van der Waals surface area contributed by atoms with Crippen LogP contribution in [0.3, 0.4) is 0 Å². The second kappa shape index (κ2) is 5.73. The van der Waals surface area contributed by atoms with Crippen LogP contribution in [0.2, 0.25) is 0 Å². The van der Waals surface area contributed by atoms with Crippen molar-refractivity contribution in [2.75, 3.05) is 37.7 Å². The number of benzene rings is 1. The molecule has 0 saturated carbocycles. The van der Waals surface area contributed by atoms with Crippen LogP contribution in [0.5, 0.6) is 0 Å². The van der Waals surface area contributed by atoms with E-state index in [-0.39, 0.29) is 5.97 Å². The first-order valence-electron chi connectivity index (χ1n) is 6.21. The quantitative estimate of drug-likeness (QED) is 0.617. The van der Waals surface area contributed by atoms with E-state index in [9.17, 15) is 4.79 Å². The third kappa shape index (κ3) is 3.13. The molecule has 1 heterocycles. The molecule has 0 atom stereocenters. The van der Waals surface area contributed by atoms with Gasteiger partial charge >= 0.3 is 5.97 Å². The fraction of sp³-hybridized carbons (Fsp3) is 0.462. The number of likely N-dealkylation sites (tertiary alicyclic amines) is 1. The van der Waals surface area contributed by atoms with E-state index in [0.29, 0.717) is 23.5 Å². The molecule has 0 unspecified atom stereocenters. The molecule has 2 rings (SSSR count). The van der Waals surface area contributed by atoms with Crippen molar-refractivity contribution >= 4 is 17.3 Å². The molecule has 1 saturated heterocycles. The first-order chi connectivity index (χ1) is 8.66. The number of esters is 1. The molecular weight excluding hydrogens is 230 g/mol.